The predicted molar refractivity (Wildman–Crippen MR) is 191 cm³/mol. The second-order valence-electron chi connectivity index (χ2n) is 15.0. The van der Waals surface area contributed by atoms with E-state index >= 15 is 0 Å². The number of fused-ring (bicyclic) bond motifs is 1. The van der Waals surface area contributed by atoms with Crippen molar-refractivity contribution in [3.05, 3.63) is 16.7 Å². The zero-order valence-electron chi connectivity index (χ0n) is 30.8. The van der Waals surface area contributed by atoms with Crippen molar-refractivity contribution in [1.82, 2.24) is 24.4 Å². The van der Waals surface area contributed by atoms with Gasteiger partial charge >= 0.3 is 8.60 Å². The van der Waals surface area contributed by atoms with Crippen molar-refractivity contribution in [2.75, 3.05) is 45.2 Å². The highest BCUT2D eigenvalue weighted by Gasteiger charge is 2.54. The van der Waals surface area contributed by atoms with Gasteiger partial charge in [0.1, 0.15) is 18.3 Å². The van der Waals surface area contributed by atoms with Crippen LogP contribution < -0.4 is 10.5 Å². The Morgan fingerprint density at radius 3 is 1.87 bits per heavy atom. The van der Waals surface area contributed by atoms with Crippen LogP contribution in [0.1, 0.15) is 68.5 Å². The van der Waals surface area contributed by atoms with Crippen LogP contribution in [0.3, 0.4) is 0 Å². The quantitative estimate of drug-likeness (QED) is 0.192. The first-order valence-electron chi connectivity index (χ1n) is 16.2. The van der Waals surface area contributed by atoms with Gasteiger partial charge in [0.25, 0.3) is 5.56 Å². The van der Waals surface area contributed by atoms with E-state index in [0.717, 1.165) is 0 Å². The van der Waals surface area contributed by atoms with E-state index in [1.54, 1.807) is 23.6 Å². The molecule has 2 aromatic heterocycles. The zero-order valence-corrected chi connectivity index (χ0v) is 33.7. The molecular weight excluding hydrogens is 644 g/mol. The number of rotatable bonds is 12. The highest BCUT2D eigenvalue weighted by molar-refractivity contribution is 7.39. The molecule has 16 heteroatoms. The summed E-state index contributed by atoms with van der Waals surface area (Å²) in [5.41, 5.74) is 0.184. The van der Waals surface area contributed by atoms with E-state index in [1.165, 1.54) is 26.0 Å². The second kappa shape index (κ2) is 16.0. The lowest BCUT2D eigenvalue weighted by Gasteiger charge is -2.44. The van der Waals surface area contributed by atoms with E-state index in [9.17, 15) is 14.6 Å². The van der Waals surface area contributed by atoms with Crippen LogP contribution in [-0.2, 0) is 18.1 Å². The SMILES string of the molecule is CCN(CC)CC.CN(C)c1nc2c(ncn2[C@@H]2O[C@H](COP(O)O)[C@@H](O[Si](C)(C)C(C)(C)C)[C@H]2O[Si](C)(C)C(C)(C)C)c(=O)[nH]1. The maximum Gasteiger partial charge on any atom is 0.327 e. The third-order valence-electron chi connectivity index (χ3n) is 9.57. The number of ether oxygens (including phenoxy) is 1. The molecule has 13 nitrogen and oxygen atoms in total. The summed E-state index contributed by atoms with van der Waals surface area (Å²) in [7, 11) is -3.75. The molecule has 2 aromatic rings. The zero-order chi connectivity index (χ0) is 35.4. The van der Waals surface area contributed by atoms with Crippen LogP contribution in [0.25, 0.3) is 11.2 Å². The lowest BCUT2D eigenvalue weighted by molar-refractivity contribution is -0.0464. The predicted octanol–water partition coefficient (Wildman–Crippen LogP) is 5.44. The van der Waals surface area contributed by atoms with Gasteiger partial charge in [-0.05, 0) is 55.9 Å². The molecule has 0 aliphatic carbocycles. The van der Waals surface area contributed by atoms with Crippen LogP contribution in [0.5, 0.6) is 0 Å². The lowest BCUT2D eigenvalue weighted by Crippen LogP contribution is -2.54. The molecule has 0 radical (unpaired) electrons. The van der Waals surface area contributed by atoms with E-state index in [-0.39, 0.29) is 27.8 Å². The van der Waals surface area contributed by atoms with Crippen molar-refractivity contribution in [3.8, 4) is 0 Å². The number of aromatic nitrogens is 4. The summed E-state index contributed by atoms with van der Waals surface area (Å²) in [5, 5.41) is -0.210. The molecule has 1 aliphatic heterocycles. The molecule has 4 atom stereocenters. The lowest BCUT2D eigenvalue weighted by atomic mass is 10.1. The Morgan fingerprint density at radius 1 is 0.957 bits per heavy atom. The van der Waals surface area contributed by atoms with E-state index in [0.29, 0.717) is 11.6 Å². The summed E-state index contributed by atoms with van der Waals surface area (Å²) < 4.78 is 27.5. The average molecular weight is 705 g/mol. The fourth-order valence-electron chi connectivity index (χ4n) is 4.49. The summed E-state index contributed by atoms with van der Waals surface area (Å²) in [6, 6.07) is 0. The Kier molecular flexibility index (Phi) is 14.2. The third-order valence-corrected chi connectivity index (χ3v) is 18.9. The molecule has 1 saturated heterocycles. The Hall–Kier alpha value is -1.27. The molecule has 266 valence electrons. The number of anilines is 1. The van der Waals surface area contributed by atoms with Crippen LogP contribution in [0, 0.1) is 0 Å². The molecule has 3 rings (SSSR count). The molecule has 0 unspecified atom stereocenters. The van der Waals surface area contributed by atoms with E-state index < -0.39 is 49.8 Å². The number of hydrogen-bond acceptors (Lipinski definition) is 11. The van der Waals surface area contributed by atoms with Gasteiger partial charge in [0.15, 0.2) is 34.0 Å². The van der Waals surface area contributed by atoms with Crippen molar-refractivity contribution in [1.29, 1.82) is 0 Å². The Bertz CT molecular complexity index is 1300. The first-order valence-corrected chi connectivity index (χ1v) is 23.2. The maximum absolute atomic E-state index is 12.8. The summed E-state index contributed by atoms with van der Waals surface area (Å²) in [6.45, 7) is 31.6. The van der Waals surface area contributed by atoms with E-state index in [1.807, 2.05) is 0 Å². The molecule has 0 spiro atoms. The van der Waals surface area contributed by atoms with Crippen molar-refractivity contribution >= 4 is 42.3 Å². The van der Waals surface area contributed by atoms with E-state index in [4.69, 9.17) is 18.1 Å². The van der Waals surface area contributed by atoms with Gasteiger partial charge in [-0.1, -0.05) is 62.3 Å². The number of nitrogens with zero attached hydrogens (tertiary/aromatic N) is 5. The molecule has 46 heavy (non-hydrogen) atoms. The third kappa shape index (κ3) is 9.89. The first kappa shape index (κ1) is 40.9. The Balaban J connectivity index is 0.000000942. The van der Waals surface area contributed by atoms with Crippen LogP contribution in [0.15, 0.2) is 11.1 Å². The fourth-order valence-corrected chi connectivity index (χ4v) is 7.38. The van der Waals surface area contributed by atoms with E-state index in [2.05, 4.69) is 108 Å². The molecule has 1 aliphatic rings. The van der Waals surface area contributed by atoms with Crippen molar-refractivity contribution in [2.24, 2.45) is 0 Å². The molecular formula is C30H61N6O7PSi2. The summed E-state index contributed by atoms with van der Waals surface area (Å²) >= 11 is 0. The molecule has 3 N–H and O–H groups in total. The molecule has 0 aromatic carbocycles. The standard InChI is InChI=1S/C24H46N5O7PSi2.C6H15N/c1-23(2,3)38(9,10)35-17-15(13-33-37(31)32)34-21(18(17)36-39(11,12)24(4,5)6)29-14-25-16-19(29)26-22(28(7)8)27-20(16)30;1-4-7(5-2)6-3/h14-15,17-18,21,31-32H,13H2,1-12H3,(H,26,27,30);4-6H2,1-3H3/t15-,17-,18-,21-;/m1./s1. The maximum atomic E-state index is 12.8. The van der Waals surface area contributed by atoms with Crippen molar-refractivity contribution in [3.63, 3.8) is 0 Å². The van der Waals surface area contributed by atoms with Gasteiger partial charge in [-0.3, -0.25) is 14.3 Å². The molecule has 0 bridgehead atoms. The van der Waals surface area contributed by atoms with Crippen molar-refractivity contribution in [2.45, 2.75) is 123 Å². The van der Waals surface area contributed by atoms with Crippen LogP contribution in [-0.4, -0.2) is 109 Å². The van der Waals surface area contributed by atoms with Gasteiger partial charge < -0.3 is 37.7 Å². The number of hydrogen-bond donors (Lipinski definition) is 3. The van der Waals surface area contributed by atoms with Gasteiger partial charge in [-0.25, -0.2) is 4.98 Å². The topological polar surface area (TPSA) is 147 Å². The molecule has 1 fully saturated rings. The van der Waals surface area contributed by atoms with Crippen LogP contribution in [0.2, 0.25) is 36.3 Å². The molecule has 0 amide bonds. The monoisotopic (exact) mass is 704 g/mol. The van der Waals surface area contributed by atoms with Crippen molar-refractivity contribution < 1.29 is 27.9 Å². The summed E-state index contributed by atoms with van der Waals surface area (Å²) in [4.78, 5) is 47.8. The highest BCUT2D eigenvalue weighted by Crippen LogP contribution is 2.46. The Labute approximate surface area is 279 Å². The first-order chi connectivity index (χ1) is 21.0. The largest absolute Gasteiger partial charge is 0.408 e. The molecule has 0 saturated carbocycles. The minimum absolute atomic E-state index is 0.101. The minimum Gasteiger partial charge on any atom is -0.408 e. The second-order valence-corrected chi connectivity index (χ2v) is 25.3. The van der Waals surface area contributed by atoms with Gasteiger partial charge in [0.05, 0.1) is 12.9 Å². The van der Waals surface area contributed by atoms with Crippen LogP contribution >= 0.6 is 8.60 Å². The number of nitrogens with one attached hydrogen (secondary N) is 1. The highest BCUT2D eigenvalue weighted by atomic mass is 31.2. The van der Waals surface area contributed by atoms with Gasteiger partial charge in [0, 0.05) is 14.1 Å². The van der Waals surface area contributed by atoms with Crippen LogP contribution in [0.4, 0.5) is 5.95 Å². The van der Waals surface area contributed by atoms with Gasteiger partial charge in [-0.15, -0.1) is 0 Å². The number of H-pyrrole nitrogens is 1. The smallest absolute Gasteiger partial charge is 0.327 e. The van der Waals surface area contributed by atoms with Gasteiger partial charge in [0.2, 0.25) is 5.95 Å². The normalized spacial score (nSPS) is 21.3. The number of aromatic amines is 1. The number of imidazole rings is 1. The Morgan fingerprint density at radius 2 is 1.46 bits per heavy atom. The summed E-state index contributed by atoms with van der Waals surface area (Å²) in [6.07, 6.45) is -1.06. The minimum atomic E-state index is -2.59. The summed E-state index contributed by atoms with van der Waals surface area (Å²) in [5.74, 6) is 0.384. The fraction of sp³-hybridized carbons (Fsp3) is 0.833. The molecule has 3 heterocycles. The van der Waals surface area contributed by atoms with Gasteiger partial charge in [-0.2, -0.15) is 4.98 Å². The average Bonchev–Trinajstić information content (AvgIpc) is 3.48.